The lowest BCUT2D eigenvalue weighted by atomic mass is 9.98. The minimum absolute atomic E-state index is 0.0735. The van der Waals surface area contributed by atoms with Crippen LogP contribution in [0, 0.1) is 0 Å². The molecule has 0 saturated heterocycles. The van der Waals surface area contributed by atoms with Crippen molar-refractivity contribution in [1.82, 2.24) is 5.32 Å². The molecule has 30 heavy (non-hydrogen) atoms. The minimum atomic E-state index is -1.10. The predicted octanol–water partition coefficient (Wildman–Crippen LogP) is 3.77. The number of aliphatic carboxylic acids is 1. The van der Waals surface area contributed by atoms with Crippen LogP contribution in [-0.2, 0) is 19.0 Å². The van der Waals surface area contributed by atoms with Crippen LogP contribution in [-0.4, -0.2) is 50.3 Å². The Labute approximate surface area is 176 Å². The minimum Gasteiger partial charge on any atom is -0.480 e. The van der Waals surface area contributed by atoms with Crippen molar-refractivity contribution in [2.24, 2.45) is 0 Å². The van der Waals surface area contributed by atoms with Crippen LogP contribution in [0.4, 0.5) is 4.79 Å². The number of alkyl carbamates (subject to hydrolysis) is 1. The molecule has 0 saturated carbocycles. The molecule has 0 fully saturated rings. The maximum atomic E-state index is 12.3. The second-order valence-corrected chi connectivity index (χ2v) is 7.19. The molecule has 1 aliphatic carbocycles. The molecular formula is C23H27NO6. The van der Waals surface area contributed by atoms with Gasteiger partial charge < -0.3 is 24.6 Å². The lowest BCUT2D eigenvalue weighted by Gasteiger charge is -2.18. The second-order valence-electron chi connectivity index (χ2n) is 7.19. The molecule has 0 bridgehead atoms. The molecule has 2 N–H and O–H groups in total. The van der Waals surface area contributed by atoms with E-state index in [2.05, 4.69) is 17.4 Å². The Morgan fingerprint density at radius 1 is 0.967 bits per heavy atom. The number of hydrogen-bond donors (Lipinski definition) is 2. The number of nitrogens with one attached hydrogen (secondary N) is 1. The van der Waals surface area contributed by atoms with Gasteiger partial charge in [0.05, 0.1) is 0 Å². The van der Waals surface area contributed by atoms with Crippen molar-refractivity contribution in [1.29, 1.82) is 0 Å². The summed E-state index contributed by atoms with van der Waals surface area (Å²) in [5.41, 5.74) is 4.48. The van der Waals surface area contributed by atoms with Crippen LogP contribution in [0.2, 0.25) is 0 Å². The molecule has 0 unspecified atom stereocenters. The zero-order chi connectivity index (χ0) is 21.5. The Morgan fingerprint density at radius 3 is 2.07 bits per heavy atom. The number of amides is 1. The van der Waals surface area contributed by atoms with Crippen molar-refractivity contribution in [3.8, 4) is 11.1 Å². The van der Waals surface area contributed by atoms with Crippen molar-refractivity contribution in [2.45, 2.75) is 37.5 Å². The molecule has 1 aliphatic rings. The lowest BCUT2D eigenvalue weighted by Crippen LogP contribution is -2.41. The van der Waals surface area contributed by atoms with Crippen molar-refractivity contribution >= 4 is 12.1 Å². The molecule has 2 aromatic rings. The van der Waals surface area contributed by atoms with E-state index >= 15 is 0 Å². The smallest absolute Gasteiger partial charge is 0.407 e. The zero-order valence-corrected chi connectivity index (χ0v) is 17.2. The van der Waals surface area contributed by atoms with E-state index in [1.165, 1.54) is 14.2 Å². The molecule has 3 rings (SSSR count). The first-order chi connectivity index (χ1) is 14.5. The normalized spacial score (nSPS) is 13.6. The second kappa shape index (κ2) is 10.2. The molecule has 1 atom stereocenters. The van der Waals surface area contributed by atoms with E-state index in [4.69, 9.17) is 14.2 Å². The van der Waals surface area contributed by atoms with E-state index in [9.17, 15) is 14.7 Å². The maximum Gasteiger partial charge on any atom is 0.407 e. The SMILES string of the molecule is COC(CCC[C@H](NC(=O)OCC1c2ccccc2-c2ccccc21)C(=O)O)OC. The van der Waals surface area contributed by atoms with Gasteiger partial charge in [0.15, 0.2) is 6.29 Å². The van der Waals surface area contributed by atoms with E-state index in [0.29, 0.717) is 12.8 Å². The summed E-state index contributed by atoms with van der Waals surface area (Å²) in [7, 11) is 3.05. The topological polar surface area (TPSA) is 94.1 Å². The third-order valence-electron chi connectivity index (χ3n) is 5.39. The molecule has 1 amide bonds. The summed E-state index contributed by atoms with van der Waals surface area (Å²) >= 11 is 0. The van der Waals surface area contributed by atoms with Crippen LogP contribution in [0.25, 0.3) is 11.1 Å². The van der Waals surface area contributed by atoms with Crippen LogP contribution in [0.1, 0.15) is 36.3 Å². The van der Waals surface area contributed by atoms with Gasteiger partial charge in [-0.25, -0.2) is 9.59 Å². The Morgan fingerprint density at radius 2 is 1.53 bits per heavy atom. The first-order valence-corrected chi connectivity index (χ1v) is 9.95. The van der Waals surface area contributed by atoms with E-state index in [1.807, 2.05) is 36.4 Å². The van der Waals surface area contributed by atoms with Gasteiger partial charge in [-0.1, -0.05) is 48.5 Å². The first-order valence-electron chi connectivity index (χ1n) is 9.95. The fourth-order valence-electron chi connectivity index (χ4n) is 3.86. The summed E-state index contributed by atoms with van der Waals surface area (Å²) < 4.78 is 15.6. The van der Waals surface area contributed by atoms with Crippen LogP contribution < -0.4 is 5.32 Å². The maximum absolute atomic E-state index is 12.3. The highest BCUT2D eigenvalue weighted by Crippen LogP contribution is 2.44. The fourth-order valence-corrected chi connectivity index (χ4v) is 3.86. The number of methoxy groups -OCH3 is 2. The zero-order valence-electron chi connectivity index (χ0n) is 17.2. The Hall–Kier alpha value is -2.90. The standard InChI is InChI=1S/C23H27NO6/c1-28-21(29-2)13-7-12-20(22(25)26)24-23(27)30-14-19-17-10-5-3-8-15(17)16-9-4-6-11-18(16)19/h3-6,8-11,19-21H,7,12-14H2,1-2H3,(H,24,27)(H,25,26)/t20-/m0/s1. The number of fused-ring (bicyclic) bond motifs is 3. The van der Waals surface area contributed by atoms with Gasteiger partial charge in [0, 0.05) is 20.1 Å². The van der Waals surface area contributed by atoms with Crippen LogP contribution in [0.3, 0.4) is 0 Å². The number of carbonyl (C=O) groups excluding carboxylic acids is 1. The highest BCUT2D eigenvalue weighted by Gasteiger charge is 2.29. The Kier molecular flexibility index (Phi) is 7.43. The van der Waals surface area contributed by atoms with Gasteiger partial charge in [0.1, 0.15) is 12.6 Å². The highest BCUT2D eigenvalue weighted by atomic mass is 16.7. The summed E-state index contributed by atoms with van der Waals surface area (Å²) in [4.78, 5) is 23.8. The molecule has 7 heteroatoms. The van der Waals surface area contributed by atoms with E-state index < -0.39 is 24.4 Å². The highest BCUT2D eigenvalue weighted by molar-refractivity contribution is 5.81. The summed E-state index contributed by atoms with van der Waals surface area (Å²) in [5.74, 6) is -1.18. The third kappa shape index (κ3) is 4.98. The molecule has 0 spiro atoms. The summed E-state index contributed by atoms with van der Waals surface area (Å²) in [6, 6.07) is 15.0. The van der Waals surface area contributed by atoms with Crippen LogP contribution >= 0.6 is 0 Å². The number of ether oxygens (including phenoxy) is 3. The monoisotopic (exact) mass is 413 g/mol. The number of carboxylic acids is 1. The summed E-state index contributed by atoms with van der Waals surface area (Å²) in [6.45, 7) is 0.140. The first kappa shape index (κ1) is 21.8. The van der Waals surface area contributed by atoms with Gasteiger partial charge in [-0.15, -0.1) is 0 Å². The van der Waals surface area contributed by atoms with E-state index in [-0.39, 0.29) is 18.9 Å². The number of hydrogen-bond acceptors (Lipinski definition) is 5. The molecular weight excluding hydrogens is 386 g/mol. The number of rotatable bonds is 10. The van der Waals surface area contributed by atoms with Gasteiger partial charge in [-0.3, -0.25) is 0 Å². The van der Waals surface area contributed by atoms with Gasteiger partial charge >= 0.3 is 12.1 Å². The van der Waals surface area contributed by atoms with Crippen molar-refractivity contribution in [2.75, 3.05) is 20.8 Å². The van der Waals surface area contributed by atoms with Crippen molar-refractivity contribution < 1.29 is 28.9 Å². The molecule has 160 valence electrons. The van der Waals surface area contributed by atoms with Crippen molar-refractivity contribution in [3.05, 3.63) is 59.7 Å². The number of carboxylic acid groups (broad SMARTS) is 1. The largest absolute Gasteiger partial charge is 0.480 e. The van der Waals surface area contributed by atoms with E-state index in [0.717, 1.165) is 22.3 Å². The third-order valence-corrected chi connectivity index (χ3v) is 5.39. The lowest BCUT2D eigenvalue weighted by molar-refractivity contribution is -0.140. The Balaban J connectivity index is 1.58. The average Bonchev–Trinajstić information content (AvgIpc) is 3.08. The molecule has 0 radical (unpaired) electrons. The molecule has 7 nitrogen and oxygen atoms in total. The summed E-state index contributed by atoms with van der Waals surface area (Å²) in [6.07, 6.45) is 0.173. The molecule has 0 aromatic heterocycles. The number of benzene rings is 2. The quantitative estimate of drug-likeness (QED) is 0.576. The molecule has 0 aliphatic heterocycles. The van der Waals surface area contributed by atoms with E-state index in [1.54, 1.807) is 0 Å². The van der Waals surface area contributed by atoms with Crippen LogP contribution in [0.5, 0.6) is 0 Å². The molecule has 2 aromatic carbocycles. The van der Waals surface area contributed by atoms with Crippen molar-refractivity contribution in [3.63, 3.8) is 0 Å². The summed E-state index contributed by atoms with van der Waals surface area (Å²) in [5, 5.41) is 11.9. The fraction of sp³-hybridized carbons (Fsp3) is 0.391. The van der Waals surface area contributed by atoms with Gasteiger partial charge in [0.25, 0.3) is 0 Å². The Bertz CT molecular complexity index is 834. The number of carbonyl (C=O) groups is 2. The van der Waals surface area contributed by atoms with Crippen LogP contribution in [0.15, 0.2) is 48.5 Å². The predicted molar refractivity (Wildman–Crippen MR) is 111 cm³/mol. The average molecular weight is 413 g/mol. The van der Waals surface area contributed by atoms with Gasteiger partial charge in [-0.2, -0.15) is 0 Å². The molecule has 0 heterocycles. The van der Waals surface area contributed by atoms with Gasteiger partial charge in [-0.05, 0) is 41.5 Å². The van der Waals surface area contributed by atoms with Gasteiger partial charge in [0.2, 0.25) is 0 Å².